The Labute approximate surface area is 150 Å². The number of furan rings is 1. The lowest BCUT2D eigenvalue weighted by Gasteiger charge is -2.09. The number of hydrogen-bond acceptors (Lipinski definition) is 4. The standard InChI is InChI=1S/C21H20O5/c1-3-4-13-19(22)16-9-12(21(23)24)6-8-18(16)26-20(13)15-10-14(15)17-7-5-11(2)25-17/h5-9,14-15H,3-4,10H2,1-2H3,(H,23,24). The molecule has 1 N–H and O–H groups in total. The summed E-state index contributed by atoms with van der Waals surface area (Å²) in [6.45, 7) is 3.93. The molecule has 1 aliphatic carbocycles. The van der Waals surface area contributed by atoms with Crippen LogP contribution in [0, 0.1) is 6.92 Å². The first-order valence-corrected chi connectivity index (χ1v) is 8.88. The molecule has 3 aromatic rings. The van der Waals surface area contributed by atoms with Gasteiger partial charge in [-0.2, -0.15) is 0 Å². The van der Waals surface area contributed by atoms with Gasteiger partial charge in [0.15, 0.2) is 5.43 Å². The zero-order chi connectivity index (χ0) is 18.4. The van der Waals surface area contributed by atoms with Gasteiger partial charge < -0.3 is 13.9 Å². The maximum Gasteiger partial charge on any atom is 0.335 e. The largest absolute Gasteiger partial charge is 0.478 e. The number of carbonyl (C=O) groups is 1. The van der Waals surface area contributed by atoms with Crippen molar-refractivity contribution < 1.29 is 18.7 Å². The van der Waals surface area contributed by atoms with Gasteiger partial charge in [-0.15, -0.1) is 0 Å². The molecule has 0 aliphatic heterocycles. The normalized spacial score (nSPS) is 19.0. The van der Waals surface area contributed by atoms with E-state index >= 15 is 0 Å². The summed E-state index contributed by atoms with van der Waals surface area (Å²) < 4.78 is 11.8. The highest BCUT2D eigenvalue weighted by atomic mass is 16.4. The molecular formula is C21H20O5. The summed E-state index contributed by atoms with van der Waals surface area (Å²) in [5.74, 6) is 1.85. The predicted molar refractivity (Wildman–Crippen MR) is 97.0 cm³/mol. The minimum atomic E-state index is -1.05. The first kappa shape index (κ1) is 16.6. The van der Waals surface area contributed by atoms with Gasteiger partial charge in [0, 0.05) is 17.4 Å². The molecule has 134 valence electrons. The SMILES string of the molecule is CCCc1c(C2CC2c2ccc(C)o2)oc2ccc(C(=O)O)cc2c1=O. The van der Waals surface area contributed by atoms with Crippen LogP contribution in [0.15, 0.2) is 44.0 Å². The summed E-state index contributed by atoms with van der Waals surface area (Å²) in [7, 11) is 0. The van der Waals surface area contributed by atoms with Crippen molar-refractivity contribution in [1.29, 1.82) is 0 Å². The van der Waals surface area contributed by atoms with Gasteiger partial charge in [0.25, 0.3) is 0 Å². The van der Waals surface area contributed by atoms with Crippen LogP contribution < -0.4 is 5.43 Å². The van der Waals surface area contributed by atoms with Gasteiger partial charge in [-0.3, -0.25) is 4.79 Å². The molecule has 2 unspecified atom stereocenters. The summed E-state index contributed by atoms with van der Waals surface area (Å²) in [4.78, 5) is 24.2. The Balaban J connectivity index is 1.82. The van der Waals surface area contributed by atoms with E-state index in [4.69, 9.17) is 8.83 Å². The van der Waals surface area contributed by atoms with Crippen LogP contribution in [-0.4, -0.2) is 11.1 Å². The highest BCUT2D eigenvalue weighted by Gasteiger charge is 2.45. The fourth-order valence-corrected chi connectivity index (χ4v) is 3.62. The number of benzene rings is 1. The third-order valence-electron chi connectivity index (χ3n) is 5.02. The van der Waals surface area contributed by atoms with Crippen molar-refractivity contribution in [3.63, 3.8) is 0 Å². The van der Waals surface area contributed by atoms with Crippen molar-refractivity contribution in [2.45, 2.75) is 44.9 Å². The van der Waals surface area contributed by atoms with Crippen LogP contribution >= 0.6 is 0 Å². The fraction of sp³-hybridized carbons (Fsp3) is 0.333. The molecule has 2 aromatic heterocycles. The van der Waals surface area contributed by atoms with Crippen LogP contribution in [0.4, 0.5) is 0 Å². The zero-order valence-corrected chi connectivity index (χ0v) is 14.7. The Morgan fingerprint density at radius 2 is 2.00 bits per heavy atom. The topological polar surface area (TPSA) is 80.7 Å². The molecule has 26 heavy (non-hydrogen) atoms. The molecule has 0 amide bonds. The van der Waals surface area contributed by atoms with Crippen LogP contribution in [0.25, 0.3) is 11.0 Å². The molecule has 4 rings (SSSR count). The Bertz CT molecular complexity index is 1060. The van der Waals surface area contributed by atoms with Crippen molar-refractivity contribution in [3.05, 3.63) is 69.0 Å². The smallest absolute Gasteiger partial charge is 0.335 e. The molecule has 5 heteroatoms. The zero-order valence-electron chi connectivity index (χ0n) is 14.7. The minimum absolute atomic E-state index is 0.0929. The van der Waals surface area contributed by atoms with Crippen molar-refractivity contribution in [3.8, 4) is 0 Å². The van der Waals surface area contributed by atoms with Crippen molar-refractivity contribution in [1.82, 2.24) is 0 Å². The summed E-state index contributed by atoms with van der Waals surface area (Å²) in [6, 6.07) is 8.39. The number of aromatic carboxylic acids is 1. The lowest BCUT2D eigenvalue weighted by molar-refractivity contribution is 0.0697. The van der Waals surface area contributed by atoms with E-state index in [9.17, 15) is 14.7 Å². The Hall–Kier alpha value is -2.82. The molecule has 0 saturated heterocycles. The average molecular weight is 352 g/mol. The lowest BCUT2D eigenvalue weighted by Crippen LogP contribution is -2.13. The molecule has 2 atom stereocenters. The summed E-state index contributed by atoms with van der Waals surface area (Å²) >= 11 is 0. The Morgan fingerprint density at radius 3 is 2.65 bits per heavy atom. The number of hydrogen-bond donors (Lipinski definition) is 1. The van der Waals surface area contributed by atoms with Crippen LogP contribution in [0.3, 0.4) is 0 Å². The van der Waals surface area contributed by atoms with E-state index in [-0.39, 0.29) is 22.8 Å². The third kappa shape index (κ3) is 2.73. The van der Waals surface area contributed by atoms with E-state index in [0.29, 0.717) is 23.0 Å². The maximum absolute atomic E-state index is 13.0. The second-order valence-electron chi connectivity index (χ2n) is 6.94. The summed E-state index contributed by atoms with van der Waals surface area (Å²) in [6.07, 6.45) is 2.33. The maximum atomic E-state index is 13.0. The number of carboxylic acid groups (broad SMARTS) is 1. The van der Waals surface area contributed by atoms with Gasteiger partial charge in [-0.1, -0.05) is 13.3 Å². The molecule has 2 heterocycles. The van der Waals surface area contributed by atoms with Crippen LogP contribution in [0.1, 0.15) is 64.8 Å². The molecule has 1 aromatic carbocycles. The number of carboxylic acids is 1. The van der Waals surface area contributed by atoms with Crippen LogP contribution in [0.5, 0.6) is 0 Å². The van der Waals surface area contributed by atoms with Crippen molar-refractivity contribution in [2.24, 2.45) is 0 Å². The Morgan fingerprint density at radius 1 is 1.19 bits per heavy atom. The van der Waals surface area contributed by atoms with E-state index in [1.165, 1.54) is 12.1 Å². The third-order valence-corrected chi connectivity index (χ3v) is 5.02. The fourth-order valence-electron chi connectivity index (χ4n) is 3.62. The molecule has 0 spiro atoms. The number of rotatable bonds is 5. The predicted octanol–water partition coefficient (Wildman–Crippen LogP) is 4.62. The molecule has 0 bridgehead atoms. The van der Waals surface area contributed by atoms with E-state index in [1.807, 2.05) is 26.0 Å². The van der Waals surface area contributed by atoms with Crippen LogP contribution in [-0.2, 0) is 6.42 Å². The van der Waals surface area contributed by atoms with Gasteiger partial charge in [0.1, 0.15) is 22.9 Å². The van der Waals surface area contributed by atoms with Gasteiger partial charge in [0.2, 0.25) is 0 Å². The second-order valence-corrected chi connectivity index (χ2v) is 6.94. The average Bonchev–Trinajstić information content (AvgIpc) is 3.30. The monoisotopic (exact) mass is 352 g/mol. The van der Waals surface area contributed by atoms with E-state index < -0.39 is 5.97 Å². The summed E-state index contributed by atoms with van der Waals surface area (Å²) in [5.41, 5.74) is 1.08. The first-order valence-electron chi connectivity index (χ1n) is 8.88. The minimum Gasteiger partial charge on any atom is -0.478 e. The van der Waals surface area contributed by atoms with Crippen molar-refractivity contribution in [2.75, 3.05) is 0 Å². The van der Waals surface area contributed by atoms with Crippen molar-refractivity contribution >= 4 is 16.9 Å². The Kier molecular flexibility index (Phi) is 3.94. The van der Waals surface area contributed by atoms with E-state index in [0.717, 1.165) is 30.1 Å². The lowest BCUT2D eigenvalue weighted by atomic mass is 10.0. The van der Waals surface area contributed by atoms with Gasteiger partial charge in [-0.25, -0.2) is 4.79 Å². The molecular weight excluding hydrogens is 332 g/mol. The van der Waals surface area contributed by atoms with E-state index in [1.54, 1.807) is 6.07 Å². The first-order chi connectivity index (χ1) is 12.5. The highest BCUT2D eigenvalue weighted by Crippen LogP contribution is 2.55. The second kappa shape index (κ2) is 6.16. The molecule has 1 saturated carbocycles. The quantitative estimate of drug-likeness (QED) is 0.725. The van der Waals surface area contributed by atoms with Gasteiger partial charge in [-0.05, 0) is 50.1 Å². The molecule has 5 nitrogen and oxygen atoms in total. The summed E-state index contributed by atoms with van der Waals surface area (Å²) in [5, 5.41) is 9.52. The number of aryl methyl sites for hydroxylation is 1. The van der Waals surface area contributed by atoms with E-state index in [2.05, 4.69) is 0 Å². The molecule has 1 fully saturated rings. The number of fused-ring (bicyclic) bond motifs is 1. The van der Waals surface area contributed by atoms with Crippen LogP contribution in [0.2, 0.25) is 0 Å². The highest BCUT2D eigenvalue weighted by molar-refractivity contribution is 5.92. The van der Waals surface area contributed by atoms with Gasteiger partial charge in [0.05, 0.1) is 10.9 Å². The molecule has 0 radical (unpaired) electrons. The molecule has 1 aliphatic rings. The van der Waals surface area contributed by atoms with Gasteiger partial charge >= 0.3 is 5.97 Å².